The number of rotatable bonds is 3. The van der Waals surface area contributed by atoms with Crippen LogP contribution in [0.4, 0.5) is 4.39 Å². The van der Waals surface area contributed by atoms with Crippen molar-refractivity contribution in [1.29, 1.82) is 0 Å². The molecule has 15 heavy (non-hydrogen) atoms. The summed E-state index contributed by atoms with van der Waals surface area (Å²) >= 11 is 0. The van der Waals surface area contributed by atoms with E-state index in [4.69, 9.17) is 0 Å². The van der Waals surface area contributed by atoms with E-state index >= 15 is 0 Å². The maximum Gasteiger partial charge on any atom is 0.222 e. The second-order valence-electron chi connectivity index (χ2n) is 4.83. The third-order valence-corrected chi connectivity index (χ3v) is 2.99. The van der Waals surface area contributed by atoms with Crippen LogP contribution in [-0.4, -0.2) is 43.2 Å². The van der Waals surface area contributed by atoms with Gasteiger partial charge in [-0.25, -0.2) is 4.39 Å². The van der Waals surface area contributed by atoms with Crippen LogP contribution in [0.1, 0.15) is 26.7 Å². The van der Waals surface area contributed by atoms with Crippen LogP contribution in [0, 0.1) is 5.92 Å². The Bertz CT molecular complexity index is 223. The Hall–Kier alpha value is -0.640. The average Bonchev–Trinajstić information content (AvgIpc) is 2.19. The zero-order valence-electron chi connectivity index (χ0n) is 9.85. The van der Waals surface area contributed by atoms with Crippen LogP contribution < -0.4 is 5.32 Å². The molecule has 0 saturated carbocycles. The highest BCUT2D eigenvalue weighted by atomic mass is 19.1. The number of carbonyl (C=O) groups is 1. The Kier molecular flexibility index (Phi) is 4.08. The molecule has 1 fully saturated rings. The molecule has 0 atom stereocenters. The SMILES string of the molecule is CC(C)C(=O)NCC1(F)CCN(C)CC1. The fourth-order valence-corrected chi connectivity index (χ4v) is 1.65. The van der Waals surface area contributed by atoms with Gasteiger partial charge in [0, 0.05) is 19.0 Å². The minimum absolute atomic E-state index is 0.0639. The van der Waals surface area contributed by atoms with Gasteiger partial charge >= 0.3 is 0 Å². The molecule has 0 aliphatic carbocycles. The summed E-state index contributed by atoms with van der Waals surface area (Å²) < 4.78 is 14.1. The maximum absolute atomic E-state index is 14.1. The van der Waals surface area contributed by atoms with Crippen molar-refractivity contribution in [1.82, 2.24) is 10.2 Å². The van der Waals surface area contributed by atoms with Gasteiger partial charge < -0.3 is 10.2 Å². The zero-order valence-corrected chi connectivity index (χ0v) is 9.85. The van der Waals surface area contributed by atoms with E-state index in [-0.39, 0.29) is 18.4 Å². The number of nitrogens with one attached hydrogen (secondary N) is 1. The molecule has 3 nitrogen and oxygen atoms in total. The van der Waals surface area contributed by atoms with Crippen molar-refractivity contribution in [3.63, 3.8) is 0 Å². The zero-order chi connectivity index (χ0) is 11.5. The minimum Gasteiger partial charge on any atom is -0.353 e. The summed E-state index contributed by atoms with van der Waals surface area (Å²) in [4.78, 5) is 13.4. The predicted molar refractivity (Wildman–Crippen MR) is 58.4 cm³/mol. The van der Waals surface area contributed by atoms with Gasteiger partial charge in [-0.1, -0.05) is 13.8 Å². The van der Waals surface area contributed by atoms with Crippen LogP contribution in [-0.2, 0) is 4.79 Å². The van der Waals surface area contributed by atoms with Gasteiger partial charge in [0.2, 0.25) is 5.91 Å². The first-order valence-corrected chi connectivity index (χ1v) is 5.58. The Morgan fingerprint density at radius 1 is 1.47 bits per heavy atom. The fourth-order valence-electron chi connectivity index (χ4n) is 1.65. The number of halogens is 1. The molecular weight excluding hydrogens is 195 g/mol. The van der Waals surface area contributed by atoms with Crippen LogP contribution in [0.15, 0.2) is 0 Å². The summed E-state index contributed by atoms with van der Waals surface area (Å²) in [5, 5.41) is 2.67. The highest BCUT2D eigenvalue weighted by Gasteiger charge is 2.33. The number of hydrogen-bond acceptors (Lipinski definition) is 2. The average molecular weight is 216 g/mol. The summed E-state index contributed by atoms with van der Waals surface area (Å²) in [6, 6.07) is 0. The number of alkyl halides is 1. The molecule has 88 valence electrons. The van der Waals surface area contributed by atoms with Gasteiger partial charge in [0.1, 0.15) is 5.67 Å². The van der Waals surface area contributed by atoms with Crippen molar-refractivity contribution in [3.8, 4) is 0 Å². The third kappa shape index (κ3) is 3.78. The molecule has 1 N–H and O–H groups in total. The first-order valence-electron chi connectivity index (χ1n) is 5.58. The molecule has 0 aromatic carbocycles. The summed E-state index contributed by atoms with van der Waals surface area (Å²) in [6.45, 7) is 5.34. The van der Waals surface area contributed by atoms with Crippen molar-refractivity contribution < 1.29 is 9.18 Å². The number of likely N-dealkylation sites (tertiary alicyclic amines) is 1. The van der Waals surface area contributed by atoms with E-state index in [0.29, 0.717) is 12.8 Å². The molecular formula is C11H21FN2O. The first kappa shape index (κ1) is 12.4. The lowest BCUT2D eigenvalue weighted by Gasteiger charge is -2.34. The molecule has 0 spiro atoms. The van der Waals surface area contributed by atoms with Gasteiger partial charge in [-0.15, -0.1) is 0 Å². The van der Waals surface area contributed by atoms with Crippen LogP contribution >= 0.6 is 0 Å². The highest BCUT2D eigenvalue weighted by molar-refractivity contribution is 5.77. The van der Waals surface area contributed by atoms with Crippen LogP contribution in [0.2, 0.25) is 0 Å². The molecule has 4 heteroatoms. The Labute approximate surface area is 91.0 Å². The lowest BCUT2D eigenvalue weighted by atomic mass is 9.93. The first-order chi connectivity index (χ1) is 6.93. The smallest absolute Gasteiger partial charge is 0.222 e. The number of amides is 1. The van der Waals surface area contributed by atoms with Crippen molar-refractivity contribution in [2.24, 2.45) is 5.92 Å². The monoisotopic (exact) mass is 216 g/mol. The Balaban J connectivity index is 2.34. The van der Waals surface area contributed by atoms with Crippen molar-refractivity contribution in [3.05, 3.63) is 0 Å². The number of hydrogen-bond donors (Lipinski definition) is 1. The molecule has 0 aromatic rings. The van der Waals surface area contributed by atoms with E-state index in [1.54, 1.807) is 0 Å². The molecule has 1 amide bonds. The summed E-state index contributed by atoms with van der Waals surface area (Å²) in [7, 11) is 1.99. The van der Waals surface area contributed by atoms with E-state index < -0.39 is 5.67 Å². The molecule has 1 aliphatic rings. The number of carbonyl (C=O) groups excluding carboxylic acids is 1. The number of piperidine rings is 1. The van der Waals surface area contributed by atoms with E-state index in [0.717, 1.165) is 13.1 Å². The van der Waals surface area contributed by atoms with E-state index in [2.05, 4.69) is 10.2 Å². The summed E-state index contributed by atoms with van der Waals surface area (Å²) in [5.41, 5.74) is -1.20. The molecule has 0 unspecified atom stereocenters. The molecule has 0 radical (unpaired) electrons. The normalized spacial score (nSPS) is 21.7. The standard InChI is InChI=1S/C11H21FN2O/c1-9(2)10(15)13-8-11(12)4-6-14(3)7-5-11/h9H,4-8H2,1-3H3,(H,13,15). The van der Waals surface area contributed by atoms with Crippen LogP contribution in [0.3, 0.4) is 0 Å². The molecule has 1 aliphatic heterocycles. The van der Waals surface area contributed by atoms with Gasteiger partial charge in [-0.2, -0.15) is 0 Å². The van der Waals surface area contributed by atoms with Crippen LogP contribution in [0.5, 0.6) is 0 Å². The lowest BCUT2D eigenvalue weighted by Crippen LogP contribution is -2.47. The second kappa shape index (κ2) is 4.92. The molecule has 0 bridgehead atoms. The van der Waals surface area contributed by atoms with E-state index in [1.165, 1.54) is 0 Å². The lowest BCUT2D eigenvalue weighted by molar-refractivity contribution is -0.124. The third-order valence-electron chi connectivity index (χ3n) is 2.99. The molecule has 1 heterocycles. The second-order valence-corrected chi connectivity index (χ2v) is 4.83. The van der Waals surface area contributed by atoms with Gasteiger partial charge in [0.15, 0.2) is 0 Å². The van der Waals surface area contributed by atoms with Gasteiger partial charge in [0.25, 0.3) is 0 Å². The molecule has 0 aromatic heterocycles. The van der Waals surface area contributed by atoms with Crippen molar-refractivity contribution in [2.45, 2.75) is 32.4 Å². The van der Waals surface area contributed by atoms with Crippen LogP contribution in [0.25, 0.3) is 0 Å². The van der Waals surface area contributed by atoms with Gasteiger partial charge in [0.05, 0.1) is 6.54 Å². The Morgan fingerprint density at radius 2 is 2.00 bits per heavy atom. The minimum atomic E-state index is -1.20. The van der Waals surface area contributed by atoms with E-state index in [9.17, 15) is 9.18 Å². The molecule has 1 rings (SSSR count). The summed E-state index contributed by atoms with van der Waals surface area (Å²) in [6.07, 6.45) is 1.03. The summed E-state index contributed by atoms with van der Waals surface area (Å²) in [5.74, 6) is -0.134. The largest absolute Gasteiger partial charge is 0.353 e. The van der Waals surface area contributed by atoms with E-state index in [1.807, 2.05) is 20.9 Å². The van der Waals surface area contributed by atoms with Crippen molar-refractivity contribution >= 4 is 5.91 Å². The topological polar surface area (TPSA) is 32.3 Å². The number of nitrogens with zero attached hydrogens (tertiary/aromatic N) is 1. The van der Waals surface area contributed by atoms with Gasteiger partial charge in [-0.3, -0.25) is 4.79 Å². The Morgan fingerprint density at radius 3 is 2.47 bits per heavy atom. The molecule has 1 saturated heterocycles. The predicted octanol–water partition coefficient (Wildman–Crippen LogP) is 1.19. The maximum atomic E-state index is 14.1. The van der Waals surface area contributed by atoms with Gasteiger partial charge in [-0.05, 0) is 19.9 Å². The quantitative estimate of drug-likeness (QED) is 0.768. The fraction of sp³-hybridized carbons (Fsp3) is 0.909. The van der Waals surface area contributed by atoms with Crippen molar-refractivity contribution in [2.75, 3.05) is 26.7 Å². The highest BCUT2D eigenvalue weighted by Crippen LogP contribution is 2.25.